The highest BCUT2D eigenvalue weighted by molar-refractivity contribution is 7.50. The van der Waals surface area contributed by atoms with Crippen molar-refractivity contribution in [1.82, 2.24) is 0 Å². The van der Waals surface area contributed by atoms with E-state index in [4.69, 9.17) is 23.5 Å². The van der Waals surface area contributed by atoms with Crippen LogP contribution in [-0.2, 0) is 4.57 Å². The molecule has 2 aromatic rings. The lowest BCUT2D eigenvalue weighted by atomic mass is 9.98. The number of ether oxygens (including phenoxy) is 4. The Bertz CT molecular complexity index is 996. The van der Waals surface area contributed by atoms with Crippen molar-refractivity contribution in [3.63, 3.8) is 0 Å². The van der Waals surface area contributed by atoms with Gasteiger partial charge in [-0.2, -0.15) is 0 Å². The maximum Gasteiger partial charge on any atom is 0.203 e. The van der Waals surface area contributed by atoms with E-state index in [2.05, 4.69) is 0 Å². The Morgan fingerprint density at radius 2 is 1.72 bits per heavy atom. The summed E-state index contributed by atoms with van der Waals surface area (Å²) < 4.78 is 38.0. The van der Waals surface area contributed by atoms with E-state index < -0.39 is 7.60 Å². The van der Waals surface area contributed by atoms with Crippen LogP contribution in [0.3, 0.4) is 0 Å². The summed E-state index contributed by atoms with van der Waals surface area (Å²) in [6, 6.07) is 7.94. The number of Topliss-reactive ketones (excluding diaryl/α,β-unsaturated/α-hetero) is 1. The summed E-state index contributed by atoms with van der Waals surface area (Å²) in [6.07, 6.45) is 1.64. The third-order valence-electron chi connectivity index (χ3n) is 4.19. The molecule has 0 N–H and O–H groups in total. The van der Waals surface area contributed by atoms with Crippen LogP contribution in [-0.4, -0.2) is 40.4 Å². The first-order valence-electron chi connectivity index (χ1n) is 8.56. The van der Waals surface area contributed by atoms with E-state index in [1.54, 1.807) is 30.3 Å². The van der Waals surface area contributed by atoms with Crippen LogP contribution in [0.4, 0.5) is 0 Å². The van der Waals surface area contributed by atoms with Crippen molar-refractivity contribution >= 4 is 19.5 Å². The number of rotatable bonds is 7. The zero-order valence-corrected chi connectivity index (χ0v) is 17.3. The van der Waals surface area contributed by atoms with E-state index in [0.29, 0.717) is 33.9 Å². The second-order valence-electron chi connectivity index (χ2n) is 6.24. The van der Waals surface area contributed by atoms with Gasteiger partial charge < -0.3 is 28.4 Å². The summed E-state index contributed by atoms with van der Waals surface area (Å²) in [5, 5.41) is 0. The fourth-order valence-corrected chi connectivity index (χ4v) is 3.46. The van der Waals surface area contributed by atoms with Crippen LogP contribution in [0.1, 0.15) is 15.9 Å². The first kappa shape index (κ1) is 20.8. The average Bonchev–Trinajstić information content (AvgIpc) is 2.70. The molecule has 9 heteroatoms. The molecule has 0 aliphatic carbocycles. The van der Waals surface area contributed by atoms with E-state index in [9.17, 15) is 14.3 Å². The number of carbonyl (C=O) groups excluding carboxylic acids is 1. The summed E-state index contributed by atoms with van der Waals surface area (Å²) in [5.41, 5.74) is 1.26. The van der Waals surface area contributed by atoms with Gasteiger partial charge in [-0.1, -0.05) is 12.1 Å². The average molecular weight is 419 g/mol. The molecule has 3 rings (SSSR count). The molecule has 0 aromatic heterocycles. The molecule has 1 heterocycles. The Morgan fingerprint density at radius 1 is 1.07 bits per heavy atom. The van der Waals surface area contributed by atoms with Gasteiger partial charge in [0.1, 0.15) is 6.61 Å². The van der Waals surface area contributed by atoms with E-state index in [0.717, 1.165) is 6.66 Å². The molecule has 29 heavy (non-hydrogen) atoms. The monoisotopic (exact) mass is 419 g/mol. The highest BCUT2D eigenvalue weighted by atomic mass is 31.2. The predicted molar refractivity (Wildman–Crippen MR) is 105 cm³/mol. The molecule has 0 fully saturated rings. The van der Waals surface area contributed by atoms with Crippen LogP contribution in [0, 0.1) is 0 Å². The van der Waals surface area contributed by atoms with Gasteiger partial charge in [0.15, 0.2) is 36.4 Å². The number of carbonyl (C=O) groups is 1. The third-order valence-corrected chi connectivity index (χ3v) is 4.72. The highest BCUT2D eigenvalue weighted by Gasteiger charge is 2.24. The van der Waals surface area contributed by atoms with Crippen molar-refractivity contribution < 1.29 is 37.7 Å². The summed E-state index contributed by atoms with van der Waals surface area (Å²) in [5.74, 6) is 1.17. The zero-order chi connectivity index (χ0) is 21.2. The third kappa shape index (κ3) is 4.39. The minimum Gasteiger partial charge on any atom is -0.769 e. The van der Waals surface area contributed by atoms with Crippen molar-refractivity contribution in [3.05, 3.63) is 47.0 Å². The maximum absolute atomic E-state index is 13.0. The van der Waals surface area contributed by atoms with Gasteiger partial charge >= 0.3 is 0 Å². The van der Waals surface area contributed by atoms with Gasteiger partial charge in [0, 0.05) is 23.4 Å². The van der Waals surface area contributed by atoms with Gasteiger partial charge in [0.2, 0.25) is 5.75 Å². The van der Waals surface area contributed by atoms with Crippen molar-refractivity contribution in [2.45, 2.75) is 0 Å². The van der Waals surface area contributed by atoms with Crippen LogP contribution in [0.2, 0.25) is 0 Å². The molecule has 0 radical (unpaired) electrons. The van der Waals surface area contributed by atoms with Crippen molar-refractivity contribution in [1.29, 1.82) is 0 Å². The number of hydrogen-bond acceptors (Lipinski definition) is 8. The molecule has 0 spiro atoms. The minimum atomic E-state index is -4.00. The van der Waals surface area contributed by atoms with Crippen molar-refractivity contribution in [2.75, 3.05) is 34.6 Å². The van der Waals surface area contributed by atoms with Crippen LogP contribution >= 0.6 is 7.60 Å². The van der Waals surface area contributed by atoms with Crippen molar-refractivity contribution in [2.24, 2.45) is 0 Å². The summed E-state index contributed by atoms with van der Waals surface area (Å²) in [4.78, 5) is 24.5. The van der Waals surface area contributed by atoms with Gasteiger partial charge in [-0.05, 0) is 24.3 Å². The maximum atomic E-state index is 13.0. The Balaban J connectivity index is 1.98. The van der Waals surface area contributed by atoms with Gasteiger partial charge in [-0.3, -0.25) is 9.36 Å². The Morgan fingerprint density at radius 3 is 2.28 bits per heavy atom. The zero-order valence-electron chi connectivity index (χ0n) is 16.4. The van der Waals surface area contributed by atoms with Crippen LogP contribution in [0.5, 0.6) is 28.7 Å². The van der Waals surface area contributed by atoms with Gasteiger partial charge in [-0.15, -0.1) is 0 Å². The van der Waals surface area contributed by atoms with Gasteiger partial charge in [0.25, 0.3) is 0 Å². The molecule has 0 amide bonds. The van der Waals surface area contributed by atoms with Gasteiger partial charge in [0.05, 0.1) is 21.3 Å². The molecule has 0 bridgehead atoms. The minimum absolute atomic E-state index is 0.0459. The molecule has 0 saturated carbocycles. The van der Waals surface area contributed by atoms with Crippen molar-refractivity contribution in [3.8, 4) is 28.7 Å². The lowest BCUT2D eigenvalue weighted by molar-refractivity contribution is -0.189. The lowest BCUT2D eigenvalue weighted by Gasteiger charge is -2.24. The Labute approximate surface area is 168 Å². The molecular weight excluding hydrogens is 399 g/mol. The second-order valence-corrected chi connectivity index (χ2v) is 7.96. The Hall–Kier alpha value is -2.96. The molecule has 154 valence electrons. The smallest absolute Gasteiger partial charge is 0.203 e. The summed E-state index contributed by atoms with van der Waals surface area (Å²) in [6.45, 7) is 0.931. The van der Waals surface area contributed by atoms with Crippen LogP contribution in [0.15, 0.2) is 35.9 Å². The second kappa shape index (κ2) is 8.19. The molecule has 1 atom stereocenters. The fourth-order valence-electron chi connectivity index (χ4n) is 2.96. The quantitative estimate of drug-likeness (QED) is 0.499. The van der Waals surface area contributed by atoms with Crippen LogP contribution in [0.25, 0.3) is 6.08 Å². The highest BCUT2D eigenvalue weighted by Crippen LogP contribution is 2.44. The first-order valence-corrected chi connectivity index (χ1v) is 10.6. The SMILES string of the molecule is COc1cc(C(=O)C2=Cc3cccc(OP(C)(=O)[O-])c3OC2)cc(OC)c1OC. The molecule has 2 aromatic carbocycles. The normalized spacial score (nSPS) is 14.6. The molecule has 1 unspecified atom stereocenters. The molecule has 8 nitrogen and oxygen atoms in total. The number of ketones is 1. The largest absolute Gasteiger partial charge is 0.769 e. The number of fused-ring (bicyclic) bond motifs is 1. The first-order chi connectivity index (χ1) is 13.8. The fraction of sp³-hybridized carbons (Fsp3) is 0.250. The van der Waals surface area contributed by atoms with Crippen LogP contribution < -0.4 is 28.4 Å². The number of benzene rings is 2. The molecule has 1 aliphatic heterocycles. The van der Waals surface area contributed by atoms with E-state index >= 15 is 0 Å². The van der Waals surface area contributed by atoms with Gasteiger partial charge in [-0.25, -0.2) is 0 Å². The summed E-state index contributed by atoms with van der Waals surface area (Å²) >= 11 is 0. The topological polar surface area (TPSA) is 103 Å². The number of methoxy groups -OCH3 is 3. The molecular formula is C20H20O8P-. The standard InChI is InChI=1S/C20H21O8P/c1-24-16-9-13(10-17(25-2)20(16)26-3)18(21)14-8-12-6-5-7-15(19(12)27-11-14)28-29(4,22)23/h5-10H,11H2,1-4H3,(H,22,23)/p-1. The van der Waals surface area contributed by atoms with E-state index in [-0.39, 0.29) is 23.9 Å². The molecule has 0 saturated heterocycles. The lowest BCUT2D eigenvalue weighted by Crippen LogP contribution is -2.16. The predicted octanol–water partition coefficient (Wildman–Crippen LogP) is 2.93. The molecule has 1 aliphatic rings. The summed E-state index contributed by atoms with van der Waals surface area (Å²) in [7, 11) is 0.414. The number of hydrogen-bond donors (Lipinski definition) is 0. The van der Waals surface area contributed by atoms with E-state index in [1.807, 2.05) is 0 Å². The number of para-hydroxylation sites is 1. The Kier molecular flexibility index (Phi) is 5.86. The van der Waals surface area contributed by atoms with E-state index in [1.165, 1.54) is 27.4 Å².